The van der Waals surface area contributed by atoms with Crippen LogP contribution >= 0.6 is 0 Å². The summed E-state index contributed by atoms with van der Waals surface area (Å²) in [5.74, 6) is 0.322. The lowest BCUT2D eigenvalue weighted by molar-refractivity contribution is 0.0521. The molecule has 180 valence electrons. The molecule has 33 heavy (non-hydrogen) atoms. The standard InChI is InChI=1S/C26H39N5O2/c1-3-13-27-26(33)31-14-11-21(12-15-31)24-23(10-9-20(2)28-24)25(32)30-18-16-29(17-19-30)22-7-5-4-6-8-22/h3,9-10,21-22H,1,4-8,11-19H2,2H3,(H,27,33). The molecular weight excluding hydrogens is 414 g/mol. The first kappa shape index (κ1) is 23.7. The summed E-state index contributed by atoms with van der Waals surface area (Å²) in [5.41, 5.74) is 2.61. The second-order valence-corrected chi connectivity index (χ2v) is 9.74. The number of carbonyl (C=O) groups excluding carboxylic acids is 2. The molecule has 0 bridgehead atoms. The minimum Gasteiger partial charge on any atom is -0.336 e. The minimum absolute atomic E-state index is 0.0438. The average molecular weight is 454 g/mol. The predicted octanol–water partition coefficient (Wildman–Crippen LogP) is 3.56. The van der Waals surface area contributed by atoms with Gasteiger partial charge in [0.25, 0.3) is 5.91 Å². The van der Waals surface area contributed by atoms with Crippen LogP contribution in [-0.4, -0.2) is 83.5 Å². The van der Waals surface area contributed by atoms with Gasteiger partial charge in [-0.15, -0.1) is 6.58 Å². The SMILES string of the molecule is C=CCNC(=O)N1CCC(c2nc(C)ccc2C(=O)N2CCN(C3CCCCC3)CC2)CC1. The fourth-order valence-corrected chi connectivity index (χ4v) is 5.60. The van der Waals surface area contributed by atoms with Gasteiger partial charge in [-0.2, -0.15) is 0 Å². The number of nitrogens with one attached hydrogen (secondary N) is 1. The van der Waals surface area contributed by atoms with Crippen molar-refractivity contribution in [1.29, 1.82) is 0 Å². The summed E-state index contributed by atoms with van der Waals surface area (Å²) < 4.78 is 0. The number of aromatic nitrogens is 1. The van der Waals surface area contributed by atoms with Gasteiger partial charge in [-0.1, -0.05) is 25.3 Å². The van der Waals surface area contributed by atoms with Crippen molar-refractivity contribution < 1.29 is 9.59 Å². The van der Waals surface area contributed by atoms with Crippen molar-refractivity contribution in [3.05, 3.63) is 41.7 Å². The molecule has 1 saturated carbocycles. The molecule has 3 aliphatic rings. The van der Waals surface area contributed by atoms with Crippen LogP contribution in [0.4, 0.5) is 4.79 Å². The summed E-state index contributed by atoms with van der Waals surface area (Å²) in [5, 5.41) is 2.85. The lowest BCUT2D eigenvalue weighted by atomic mass is 9.89. The van der Waals surface area contributed by atoms with Crippen molar-refractivity contribution >= 4 is 11.9 Å². The van der Waals surface area contributed by atoms with E-state index in [4.69, 9.17) is 4.98 Å². The van der Waals surface area contributed by atoms with Crippen molar-refractivity contribution in [3.63, 3.8) is 0 Å². The summed E-state index contributed by atoms with van der Waals surface area (Å²) in [6.07, 6.45) is 10.0. The van der Waals surface area contributed by atoms with E-state index >= 15 is 0 Å². The lowest BCUT2D eigenvalue weighted by Gasteiger charge is -2.41. The average Bonchev–Trinajstić information content (AvgIpc) is 2.87. The van der Waals surface area contributed by atoms with Gasteiger partial charge in [0.1, 0.15) is 0 Å². The molecule has 2 saturated heterocycles. The summed E-state index contributed by atoms with van der Waals surface area (Å²) in [4.78, 5) is 37.1. The molecule has 1 aromatic heterocycles. The Balaban J connectivity index is 1.38. The highest BCUT2D eigenvalue weighted by molar-refractivity contribution is 5.95. The smallest absolute Gasteiger partial charge is 0.317 e. The van der Waals surface area contributed by atoms with E-state index in [-0.39, 0.29) is 17.9 Å². The van der Waals surface area contributed by atoms with Crippen LogP contribution in [0.1, 0.15) is 72.6 Å². The van der Waals surface area contributed by atoms with Gasteiger partial charge in [-0.3, -0.25) is 14.7 Å². The molecule has 3 fully saturated rings. The quantitative estimate of drug-likeness (QED) is 0.693. The summed E-state index contributed by atoms with van der Waals surface area (Å²) in [6.45, 7) is 11.0. The number of pyridine rings is 1. The number of urea groups is 1. The maximum Gasteiger partial charge on any atom is 0.317 e. The number of rotatable bonds is 5. The molecule has 0 atom stereocenters. The number of hydrogen-bond donors (Lipinski definition) is 1. The highest BCUT2D eigenvalue weighted by Crippen LogP contribution is 2.31. The second-order valence-electron chi connectivity index (χ2n) is 9.74. The third-order valence-electron chi connectivity index (χ3n) is 7.55. The van der Waals surface area contributed by atoms with Crippen LogP contribution in [0.2, 0.25) is 0 Å². The number of amides is 3. The predicted molar refractivity (Wildman–Crippen MR) is 130 cm³/mol. The molecule has 0 aromatic carbocycles. The van der Waals surface area contributed by atoms with Crippen LogP contribution in [0.25, 0.3) is 0 Å². The number of piperidine rings is 1. The molecule has 0 unspecified atom stereocenters. The Morgan fingerprint density at radius 1 is 1.00 bits per heavy atom. The molecule has 2 aliphatic heterocycles. The number of aryl methyl sites for hydroxylation is 1. The van der Waals surface area contributed by atoms with Gasteiger partial charge in [0.2, 0.25) is 0 Å². The summed E-state index contributed by atoms with van der Waals surface area (Å²) in [6, 6.07) is 4.59. The van der Waals surface area contributed by atoms with Crippen molar-refractivity contribution in [3.8, 4) is 0 Å². The number of carbonyl (C=O) groups is 2. The first-order chi connectivity index (χ1) is 16.1. The Morgan fingerprint density at radius 2 is 1.70 bits per heavy atom. The number of piperazine rings is 1. The molecule has 7 nitrogen and oxygen atoms in total. The van der Waals surface area contributed by atoms with Crippen molar-refractivity contribution in [1.82, 2.24) is 25.0 Å². The Morgan fingerprint density at radius 3 is 2.36 bits per heavy atom. The number of likely N-dealkylation sites (tertiary alicyclic amines) is 1. The monoisotopic (exact) mass is 453 g/mol. The molecule has 4 rings (SSSR count). The molecule has 3 amide bonds. The fourth-order valence-electron chi connectivity index (χ4n) is 5.60. The van der Waals surface area contributed by atoms with Crippen molar-refractivity contribution in [2.24, 2.45) is 0 Å². The van der Waals surface area contributed by atoms with Crippen molar-refractivity contribution in [2.75, 3.05) is 45.8 Å². The van der Waals surface area contributed by atoms with Gasteiger partial charge >= 0.3 is 6.03 Å². The van der Waals surface area contributed by atoms with Crippen LogP contribution in [-0.2, 0) is 0 Å². The molecule has 1 aliphatic carbocycles. The third kappa shape index (κ3) is 5.75. The largest absolute Gasteiger partial charge is 0.336 e. The zero-order valence-corrected chi connectivity index (χ0v) is 20.1. The van der Waals surface area contributed by atoms with Crippen LogP contribution in [0, 0.1) is 6.92 Å². The normalized spacial score (nSPS) is 21.1. The zero-order chi connectivity index (χ0) is 23.2. The molecular formula is C26H39N5O2. The lowest BCUT2D eigenvalue weighted by Crippen LogP contribution is -2.52. The van der Waals surface area contributed by atoms with Gasteiger partial charge in [0, 0.05) is 63.5 Å². The minimum atomic E-state index is -0.0438. The maximum absolute atomic E-state index is 13.5. The van der Waals surface area contributed by atoms with E-state index in [0.717, 1.165) is 56.0 Å². The fraction of sp³-hybridized carbons (Fsp3) is 0.654. The Kier molecular flexibility index (Phi) is 8.02. The van der Waals surface area contributed by atoms with E-state index in [1.807, 2.05) is 28.9 Å². The molecule has 3 heterocycles. The Bertz CT molecular complexity index is 835. The van der Waals surface area contributed by atoms with Crippen LogP contribution < -0.4 is 5.32 Å². The number of nitrogens with zero attached hydrogens (tertiary/aromatic N) is 4. The molecule has 1 N–H and O–H groups in total. The van der Waals surface area contributed by atoms with Gasteiger partial charge in [0.15, 0.2) is 0 Å². The summed E-state index contributed by atoms with van der Waals surface area (Å²) >= 11 is 0. The molecule has 7 heteroatoms. The van der Waals surface area contributed by atoms with Crippen LogP contribution in [0.5, 0.6) is 0 Å². The van der Waals surface area contributed by atoms with E-state index in [1.54, 1.807) is 6.08 Å². The summed E-state index contributed by atoms with van der Waals surface area (Å²) in [7, 11) is 0. The van der Waals surface area contributed by atoms with E-state index in [9.17, 15) is 9.59 Å². The van der Waals surface area contributed by atoms with E-state index in [1.165, 1.54) is 32.1 Å². The first-order valence-electron chi connectivity index (χ1n) is 12.7. The highest BCUT2D eigenvalue weighted by Gasteiger charge is 2.31. The molecule has 0 spiro atoms. The van der Waals surface area contributed by atoms with Gasteiger partial charge < -0.3 is 15.1 Å². The number of hydrogen-bond acceptors (Lipinski definition) is 4. The maximum atomic E-state index is 13.5. The van der Waals surface area contributed by atoms with Gasteiger partial charge in [-0.05, 0) is 44.7 Å². The van der Waals surface area contributed by atoms with Crippen LogP contribution in [0.3, 0.4) is 0 Å². The third-order valence-corrected chi connectivity index (χ3v) is 7.55. The second kappa shape index (κ2) is 11.1. The first-order valence-corrected chi connectivity index (χ1v) is 12.7. The van der Waals surface area contributed by atoms with Crippen molar-refractivity contribution in [2.45, 2.75) is 63.8 Å². The Labute approximate surface area is 198 Å². The van der Waals surface area contributed by atoms with E-state index in [0.29, 0.717) is 25.7 Å². The molecule has 1 aromatic rings. The molecule has 0 radical (unpaired) electrons. The highest BCUT2D eigenvalue weighted by atomic mass is 16.2. The van der Waals surface area contributed by atoms with Gasteiger partial charge in [0.05, 0.1) is 11.3 Å². The van der Waals surface area contributed by atoms with E-state index in [2.05, 4.69) is 16.8 Å². The van der Waals surface area contributed by atoms with E-state index < -0.39 is 0 Å². The van der Waals surface area contributed by atoms with Gasteiger partial charge in [-0.25, -0.2) is 4.79 Å². The topological polar surface area (TPSA) is 68.8 Å². The van der Waals surface area contributed by atoms with Crippen LogP contribution in [0.15, 0.2) is 24.8 Å². The zero-order valence-electron chi connectivity index (χ0n) is 20.1. The Hall–Kier alpha value is -2.41.